The third-order valence-corrected chi connectivity index (χ3v) is 4.14. The highest BCUT2D eigenvalue weighted by molar-refractivity contribution is 5.14. The summed E-state index contributed by atoms with van der Waals surface area (Å²) < 4.78 is 0. The summed E-state index contributed by atoms with van der Waals surface area (Å²) in [5, 5.41) is 0. The van der Waals surface area contributed by atoms with E-state index in [4.69, 9.17) is 5.73 Å². The molecule has 0 radical (unpaired) electrons. The average molecular weight is 246 g/mol. The summed E-state index contributed by atoms with van der Waals surface area (Å²) in [6, 6.07) is 11.2. The number of hydrogen-bond acceptors (Lipinski definition) is 2. The molecule has 0 aromatic heterocycles. The van der Waals surface area contributed by atoms with Gasteiger partial charge in [0.25, 0.3) is 0 Å². The fraction of sp³-hybridized carbons (Fsp3) is 0.625. The molecule has 1 fully saturated rings. The summed E-state index contributed by atoms with van der Waals surface area (Å²) >= 11 is 0. The standard InChI is InChI=1S/C16H26N2/c1-18(12-11-14-7-3-2-4-8-14)13-15-9-5-6-10-16(15)17/h2-4,7-8,15-16H,5-6,9-13,17H2,1H3. The van der Waals surface area contributed by atoms with Gasteiger partial charge in [0.15, 0.2) is 0 Å². The van der Waals surface area contributed by atoms with Crippen LogP contribution in [0.4, 0.5) is 0 Å². The predicted octanol–water partition coefficient (Wildman–Crippen LogP) is 2.68. The summed E-state index contributed by atoms with van der Waals surface area (Å²) in [4.78, 5) is 2.45. The quantitative estimate of drug-likeness (QED) is 0.865. The molecule has 2 unspecified atom stereocenters. The van der Waals surface area contributed by atoms with E-state index in [0.717, 1.165) is 19.5 Å². The van der Waals surface area contributed by atoms with Crippen molar-refractivity contribution < 1.29 is 0 Å². The van der Waals surface area contributed by atoms with Crippen LogP contribution in [-0.2, 0) is 6.42 Å². The van der Waals surface area contributed by atoms with E-state index in [9.17, 15) is 0 Å². The van der Waals surface area contributed by atoms with Crippen molar-refractivity contribution in [3.8, 4) is 0 Å². The van der Waals surface area contributed by atoms with Gasteiger partial charge in [-0.2, -0.15) is 0 Å². The van der Waals surface area contributed by atoms with E-state index >= 15 is 0 Å². The molecule has 1 saturated carbocycles. The molecule has 0 bridgehead atoms. The van der Waals surface area contributed by atoms with Gasteiger partial charge in [-0.25, -0.2) is 0 Å². The molecule has 2 N–H and O–H groups in total. The van der Waals surface area contributed by atoms with E-state index in [2.05, 4.69) is 42.3 Å². The molecule has 1 aromatic carbocycles. The van der Waals surface area contributed by atoms with Crippen molar-refractivity contribution in [2.24, 2.45) is 11.7 Å². The Bertz CT molecular complexity index is 336. The van der Waals surface area contributed by atoms with Crippen molar-refractivity contribution in [1.29, 1.82) is 0 Å². The minimum Gasteiger partial charge on any atom is -0.327 e. The predicted molar refractivity (Wildman–Crippen MR) is 77.6 cm³/mol. The smallest absolute Gasteiger partial charge is 0.00793 e. The molecule has 0 amide bonds. The van der Waals surface area contributed by atoms with Gasteiger partial charge in [-0.15, -0.1) is 0 Å². The first-order valence-electron chi connectivity index (χ1n) is 7.24. The Morgan fingerprint density at radius 1 is 1.17 bits per heavy atom. The van der Waals surface area contributed by atoms with Gasteiger partial charge in [0.1, 0.15) is 0 Å². The average Bonchev–Trinajstić information content (AvgIpc) is 2.40. The summed E-state index contributed by atoms with van der Waals surface area (Å²) in [7, 11) is 2.23. The van der Waals surface area contributed by atoms with Crippen molar-refractivity contribution in [1.82, 2.24) is 4.90 Å². The Morgan fingerprint density at radius 2 is 1.89 bits per heavy atom. The Hall–Kier alpha value is -0.860. The molecule has 18 heavy (non-hydrogen) atoms. The van der Waals surface area contributed by atoms with Crippen molar-refractivity contribution in [2.45, 2.75) is 38.1 Å². The van der Waals surface area contributed by atoms with Crippen LogP contribution in [0.5, 0.6) is 0 Å². The Morgan fingerprint density at radius 3 is 2.61 bits per heavy atom. The molecule has 0 heterocycles. The lowest BCUT2D eigenvalue weighted by molar-refractivity contribution is 0.212. The van der Waals surface area contributed by atoms with Gasteiger partial charge in [0, 0.05) is 19.1 Å². The van der Waals surface area contributed by atoms with E-state index in [1.807, 2.05) is 0 Å². The van der Waals surface area contributed by atoms with Gasteiger partial charge in [-0.05, 0) is 37.8 Å². The van der Waals surface area contributed by atoms with E-state index in [-0.39, 0.29) is 0 Å². The molecule has 1 aliphatic carbocycles. The van der Waals surface area contributed by atoms with Crippen molar-refractivity contribution in [2.75, 3.05) is 20.1 Å². The van der Waals surface area contributed by atoms with Crippen molar-refractivity contribution in [3.05, 3.63) is 35.9 Å². The van der Waals surface area contributed by atoms with E-state index < -0.39 is 0 Å². The highest BCUT2D eigenvalue weighted by atomic mass is 15.1. The number of benzene rings is 1. The lowest BCUT2D eigenvalue weighted by atomic mass is 9.85. The number of hydrogen-bond donors (Lipinski definition) is 1. The Labute approximate surface area is 111 Å². The first-order valence-corrected chi connectivity index (χ1v) is 7.24. The summed E-state index contributed by atoms with van der Waals surface area (Å²) in [5.74, 6) is 0.708. The SMILES string of the molecule is CN(CCc1ccccc1)CC1CCCCC1N. The zero-order valence-corrected chi connectivity index (χ0v) is 11.5. The van der Waals surface area contributed by atoms with E-state index in [0.29, 0.717) is 12.0 Å². The third kappa shape index (κ3) is 4.11. The number of nitrogens with two attached hydrogens (primary N) is 1. The normalized spacial score (nSPS) is 24.4. The molecule has 2 atom stereocenters. The molecular formula is C16H26N2. The molecule has 2 rings (SSSR count). The van der Waals surface area contributed by atoms with Gasteiger partial charge in [-0.1, -0.05) is 43.2 Å². The number of nitrogens with zero attached hydrogens (tertiary/aromatic N) is 1. The number of rotatable bonds is 5. The summed E-state index contributed by atoms with van der Waals surface area (Å²) in [6.07, 6.45) is 6.36. The van der Waals surface area contributed by atoms with Gasteiger partial charge in [0.05, 0.1) is 0 Å². The van der Waals surface area contributed by atoms with E-state index in [1.54, 1.807) is 0 Å². The molecule has 1 aromatic rings. The second-order valence-electron chi connectivity index (χ2n) is 5.71. The summed E-state index contributed by atoms with van der Waals surface area (Å²) in [6.45, 7) is 2.29. The van der Waals surface area contributed by atoms with Crippen LogP contribution in [0, 0.1) is 5.92 Å². The highest BCUT2D eigenvalue weighted by Gasteiger charge is 2.22. The molecule has 0 saturated heterocycles. The topological polar surface area (TPSA) is 29.3 Å². The largest absolute Gasteiger partial charge is 0.327 e. The van der Waals surface area contributed by atoms with Gasteiger partial charge in [-0.3, -0.25) is 0 Å². The van der Waals surface area contributed by atoms with Crippen LogP contribution in [-0.4, -0.2) is 31.1 Å². The molecule has 1 aliphatic rings. The van der Waals surface area contributed by atoms with Gasteiger partial charge < -0.3 is 10.6 Å². The zero-order valence-electron chi connectivity index (χ0n) is 11.5. The molecule has 100 valence electrons. The second-order valence-corrected chi connectivity index (χ2v) is 5.71. The highest BCUT2D eigenvalue weighted by Crippen LogP contribution is 2.23. The number of likely N-dealkylation sites (N-methyl/N-ethyl adjacent to an activating group) is 1. The molecule has 0 aliphatic heterocycles. The van der Waals surface area contributed by atoms with Crippen LogP contribution in [0.3, 0.4) is 0 Å². The molecule has 2 nitrogen and oxygen atoms in total. The maximum Gasteiger partial charge on any atom is 0.00793 e. The van der Waals surface area contributed by atoms with Crippen LogP contribution in [0.1, 0.15) is 31.2 Å². The molecule has 0 spiro atoms. The fourth-order valence-corrected chi connectivity index (χ4v) is 2.92. The zero-order chi connectivity index (χ0) is 12.8. The van der Waals surface area contributed by atoms with Crippen LogP contribution >= 0.6 is 0 Å². The van der Waals surface area contributed by atoms with Gasteiger partial charge >= 0.3 is 0 Å². The maximum atomic E-state index is 6.21. The molecule has 2 heteroatoms. The van der Waals surface area contributed by atoms with Crippen LogP contribution in [0.15, 0.2) is 30.3 Å². The van der Waals surface area contributed by atoms with Crippen LogP contribution in [0.25, 0.3) is 0 Å². The Kier molecular flexibility index (Phi) is 5.21. The second kappa shape index (κ2) is 6.91. The third-order valence-electron chi connectivity index (χ3n) is 4.14. The lowest BCUT2D eigenvalue weighted by Crippen LogP contribution is -2.40. The van der Waals surface area contributed by atoms with Gasteiger partial charge in [0.2, 0.25) is 0 Å². The monoisotopic (exact) mass is 246 g/mol. The first-order chi connectivity index (χ1) is 8.75. The van der Waals surface area contributed by atoms with Crippen LogP contribution < -0.4 is 5.73 Å². The Balaban J connectivity index is 1.73. The minimum atomic E-state index is 0.429. The van der Waals surface area contributed by atoms with Crippen molar-refractivity contribution in [3.63, 3.8) is 0 Å². The lowest BCUT2D eigenvalue weighted by Gasteiger charge is -2.32. The minimum absolute atomic E-state index is 0.429. The molecular weight excluding hydrogens is 220 g/mol. The summed E-state index contributed by atoms with van der Waals surface area (Å²) in [5.41, 5.74) is 7.64. The van der Waals surface area contributed by atoms with Crippen LogP contribution in [0.2, 0.25) is 0 Å². The fourth-order valence-electron chi connectivity index (χ4n) is 2.92. The maximum absolute atomic E-state index is 6.21. The van der Waals surface area contributed by atoms with E-state index in [1.165, 1.54) is 31.2 Å². The van der Waals surface area contributed by atoms with Crippen molar-refractivity contribution >= 4 is 0 Å². The first kappa shape index (κ1) is 13.6.